The van der Waals surface area contributed by atoms with E-state index in [9.17, 15) is 14.4 Å². The molecule has 1 N–H and O–H groups in total. The van der Waals surface area contributed by atoms with Crippen molar-refractivity contribution < 1.29 is 19.1 Å². The van der Waals surface area contributed by atoms with Gasteiger partial charge in [-0.3, -0.25) is 19.3 Å². The van der Waals surface area contributed by atoms with Gasteiger partial charge in [-0.15, -0.1) is 11.3 Å². The summed E-state index contributed by atoms with van der Waals surface area (Å²) in [5.74, 6) is -0.333. The Morgan fingerprint density at radius 1 is 1.31 bits per heavy atom. The molecule has 0 saturated carbocycles. The minimum atomic E-state index is -0.915. The third-order valence-corrected chi connectivity index (χ3v) is 6.71. The lowest BCUT2D eigenvalue weighted by Gasteiger charge is -2.35. The van der Waals surface area contributed by atoms with Gasteiger partial charge in [0.2, 0.25) is 0 Å². The van der Waals surface area contributed by atoms with Gasteiger partial charge in [-0.2, -0.15) is 4.99 Å². The number of ether oxygens (including phenoxy) is 1. The van der Waals surface area contributed by atoms with E-state index in [1.807, 2.05) is 7.05 Å². The Morgan fingerprint density at radius 3 is 2.79 bits per heavy atom. The maximum absolute atomic E-state index is 13.2. The number of likely N-dealkylation sites (N-methyl/N-ethyl adjacent to an activating group) is 1. The first-order chi connectivity index (χ1) is 13.9. The summed E-state index contributed by atoms with van der Waals surface area (Å²) in [6.07, 6.45) is -0.359. The van der Waals surface area contributed by atoms with Crippen LogP contribution in [0.5, 0.6) is 0 Å². The number of piperazine rings is 1. The molecule has 4 heterocycles. The Balaban J connectivity index is 1.43. The molecular formula is C18H22ClN5O4S. The molecule has 156 valence electrons. The molecule has 29 heavy (non-hydrogen) atoms. The molecule has 3 aliphatic rings. The monoisotopic (exact) mass is 439 g/mol. The highest BCUT2D eigenvalue weighted by Gasteiger charge is 2.47. The SMILES string of the molecule is CO[C@H]1CN(C(=O)C2C(=O)N=C3CN(C)CCN32)CC1NC(=O)c1ccc(Cl)s1. The molecule has 0 radical (unpaired) electrons. The summed E-state index contributed by atoms with van der Waals surface area (Å²) in [5, 5.41) is 2.92. The van der Waals surface area contributed by atoms with Gasteiger partial charge in [-0.05, 0) is 19.2 Å². The normalized spacial score (nSPS) is 27.2. The highest BCUT2D eigenvalue weighted by Crippen LogP contribution is 2.24. The van der Waals surface area contributed by atoms with E-state index in [2.05, 4.69) is 15.2 Å². The molecule has 0 aliphatic carbocycles. The van der Waals surface area contributed by atoms with Gasteiger partial charge in [0.05, 0.1) is 27.9 Å². The number of likely N-dealkylation sites (tertiary alicyclic amines) is 1. The van der Waals surface area contributed by atoms with Crippen LogP contribution < -0.4 is 5.32 Å². The predicted octanol–water partition coefficient (Wildman–Crippen LogP) is -0.0882. The smallest absolute Gasteiger partial charge is 0.279 e. The van der Waals surface area contributed by atoms with Gasteiger partial charge in [0, 0.05) is 33.3 Å². The van der Waals surface area contributed by atoms with Crippen molar-refractivity contribution in [3.63, 3.8) is 0 Å². The lowest BCUT2D eigenvalue weighted by Crippen LogP contribution is -2.56. The first-order valence-electron chi connectivity index (χ1n) is 9.31. The summed E-state index contributed by atoms with van der Waals surface area (Å²) in [7, 11) is 3.50. The third-order valence-electron chi connectivity index (χ3n) is 5.48. The zero-order chi connectivity index (χ0) is 20.7. The van der Waals surface area contributed by atoms with Crippen LogP contribution in [0.2, 0.25) is 4.34 Å². The molecular weight excluding hydrogens is 418 g/mol. The molecule has 3 atom stereocenters. The van der Waals surface area contributed by atoms with E-state index in [-0.39, 0.29) is 30.5 Å². The lowest BCUT2D eigenvalue weighted by molar-refractivity contribution is -0.139. The predicted molar refractivity (Wildman–Crippen MR) is 108 cm³/mol. The first kappa shape index (κ1) is 20.3. The van der Waals surface area contributed by atoms with Crippen molar-refractivity contribution in [3.8, 4) is 0 Å². The van der Waals surface area contributed by atoms with Gasteiger partial charge in [-0.1, -0.05) is 11.6 Å². The number of thiophene rings is 1. The minimum Gasteiger partial charge on any atom is -0.377 e. The number of carbonyl (C=O) groups excluding carboxylic acids is 3. The highest BCUT2D eigenvalue weighted by molar-refractivity contribution is 7.18. The van der Waals surface area contributed by atoms with Gasteiger partial charge in [0.15, 0.2) is 6.04 Å². The van der Waals surface area contributed by atoms with Gasteiger partial charge in [0.1, 0.15) is 5.84 Å². The average Bonchev–Trinajstić information content (AvgIpc) is 3.37. The second-order valence-electron chi connectivity index (χ2n) is 7.40. The zero-order valence-electron chi connectivity index (χ0n) is 16.1. The summed E-state index contributed by atoms with van der Waals surface area (Å²) in [6.45, 7) is 2.48. The van der Waals surface area contributed by atoms with Crippen LogP contribution in [0, 0.1) is 0 Å². The number of aliphatic imine (C=N–C) groups is 1. The maximum atomic E-state index is 13.2. The number of hydrogen-bond donors (Lipinski definition) is 1. The molecule has 0 bridgehead atoms. The molecule has 9 nitrogen and oxygen atoms in total. The second-order valence-corrected chi connectivity index (χ2v) is 9.12. The van der Waals surface area contributed by atoms with E-state index >= 15 is 0 Å². The number of carbonyl (C=O) groups is 3. The fourth-order valence-corrected chi connectivity index (χ4v) is 4.88. The van der Waals surface area contributed by atoms with E-state index in [0.717, 1.165) is 6.54 Å². The van der Waals surface area contributed by atoms with Gasteiger partial charge < -0.3 is 19.9 Å². The Morgan fingerprint density at radius 2 is 2.10 bits per heavy atom. The third kappa shape index (κ3) is 3.89. The number of halogens is 1. The van der Waals surface area contributed by atoms with Crippen LogP contribution in [0.1, 0.15) is 9.67 Å². The number of rotatable bonds is 4. The molecule has 3 aliphatic heterocycles. The van der Waals surface area contributed by atoms with Crippen molar-refractivity contribution in [3.05, 3.63) is 21.3 Å². The fourth-order valence-electron chi connectivity index (χ4n) is 3.94. The molecule has 1 aromatic heterocycles. The topological polar surface area (TPSA) is 94.6 Å². The van der Waals surface area contributed by atoms with Crippen molar-refractivity contribution in [2.45, 2.75) is 18.2 Å². The Hall–Kier alpha value is -2.01. The van der Waals surface area contributed by atoms with Crippen LogP contribution in [0.3, 0.4) is 0 Å². The van der Waals surface area contributed by atoms with Crippen molar-refractivity contribution >= 4 is 46.5 Å². The molecule has 0 aromatic carbocycles. The quantitative estimate of drug-likeness (QED) is 0.659. The van der Waals surface area contributed by atoms with Crippen molar-refractivity contribution in [1.82, 2.24) is 20.0 Å². The molecule has 1 aromatic rings. The van der Waals surface area contributed by atoms with E-state index < -0.39 is 11.9 Å². The first-order valence-corrected chi connectivity index (χ1v) is 10.5. The standard InChI is InChI=1S/C18H22ClN5O4S/c1-22-5-6-24-14(9-22)21-17(26)15(24)18(27)23-7-10(11(8-23)28-2)20-16(25)12-3-4-13(19)29-12/h3-4,10-11,15H,5-9H2,1-2H3,(H,20,25)/t10?,11-,15?/m0/s1. The zero-order valence-corrected chi connectivity index (χ0v) is 17.7. The fraction of sp³-hybridized carbons (Fsp3) is 0.556. The number of amides is 3. The van der Waals surface area contributed by atoms with Crippen molar-refractivity contribution in [2.24, 2.45) is 4.99 Å². The lowest BCUT2D eigenvalue weighted by atomic mass is 10.2. The molecule has 2 unspecified atom stereocenters. The van der Waals surface area contributed by atoms with Gasteiger partial charge >= 0.3 is 0 Å². The summed E-state index contributed by atoms with van der Waals surface area (Å²) < 4.78 is 6.02. The largest absolute Gasteiger partial charge is 0.377 e. The van der Waals surface area contributed by atoms with Crippen LogP contribution in [0.25, 0.3) is 0 Å². The van der Waals surface area contributed by atoms with E-state index in [1.54, 1.807) is 29.0 Å². The van der Waals surface area contributed by atoms with Crippen molar-refractivity contribution in [2.75, 3.05) is 46.9 Å². The summed E-state index contributed by atoms with van der Waals surface area (Å²) >= 11 is 7.09. The molecule has 11 heteroatoms. The molecule has 2 saturated heterocycles. The summed E-state index contributed by atoms with van der Waals surface area (Å²) in [4.78, 5) is 48.1. The molecule has 3 amide bonds. The number of methoxy groups -OCH3 is 1. The molecule has 2 fully saturated rings. The van der Waals surface area contributed by atoms with Crippen LogP contribution in [0.15, 0.2) is 17.1 Å². The second kappa shape index (κ2) is 8.02. The number of amidine groups is 1. The molecule has 0 spiro atoms. The average molecular weight is 440 g/mol. The van der Waals surface area contributed by atoms with Crippen LogP contribution in [-0.4, -0.2) is 103 Å². The van der Waals surface area contributed by atoms with Crippen LogP contribution in [-0.2, 0) is 14.3 Å². The van der Waals surface area contributed by atoms with E-state index in [4.69, 9.17) is 16.3 Å². The van der Waals surface area contributed by atoms with E-state index in [0.29, 0.717) is 34.7 Å². The van der Waals surface area contributed by atoms with E-state index in [1.165, 1.54) is 11.3 Å². The number of hydrogen-bond acceptors (Lipinski definition) is 7. The maximum Gasteiger partial charge on any atom is 0.279 e. The number of nitrogens with zero attached hydrogens (tertiary/aromatic N) is 4. The number of fused-ring (bicyclic) bond motifs is 1. The Labute approximate surface area is 177 Å². The van der Waals surface area contributed by atoms with Gasteiger partial charge in [-0.25, -0.2) is 0 Å². The summed E-state index contributed by atoms with van der Waals surface area (Å²) in [6, 6.07) is 2.04. The Kier molecular flexibility index (Phi) is 5.60. The Bertz CT molecular complexity index is 874. The number of nitrogens with one attached hydrogen (secondary N) is 1. The van der Waals surface area contributed by atoms with Crippen LogP contribution >= 0.6 is 22.9 Å². The van der Waals surface area contributed by atoms with Crippen LogP contribution in [0.4, 0.5) is 0 Å². The minimum absolute atomic E-state index is 0.259. The van der Waals surface area contributed by atoms with Gasteiger partial charge in [0.25, 0.3) is 17.7 Å². The molecule has 4 rings (SSSR count). The highest BCUT2D eigenvalue weighted by atomic mass is 35.5. The summed E-state index contributed by atoms with van der Waals surface area (Å²) in [5.41, 5.74) is 0. The van der Waals surface area contributed by atoms with Crippen molar-refractivity contribution in [1.29, 1.82) is 0 Å².